The van der Waals surface area contributed by atoms with Crippen LogP contribution in [0.25, 0.3) is 0 Å². The largest absolute Gasteiger partial charge is 0.378 e. The minimum Gasteiger partial charge on any atom is -0.378 e. The fourth-order valence-corrected chi connectivity index (χ4v) is 3.70. The van der Waals surface area contributed by atoms with Gasteiger partial charge in [0.2, 0.25) is 0 Å². The van der Waals surface area contributed by atoms with Crippen LogP contribution in [0.5, 0.6) is 0 Å². The van der Waals surface area contributed by atoms with Gasteiger partial charge in [-0.05, 0) is 18.1 Å². The van der Waals surface area contributed by atoms with Gasteiger partial charge in [0.1, 0.15) is 5.82 Å². The lowest BCUT2D eigenvalue weighted by atomic mass is 10.1. The highest BCUT2D eigenvalue weighted by Gasteiger charge is 2.21. The number of para-hydroxylation sites is 1. The smallest absolute Gasteiger partial charge is 0.150 e. The van der Waals surface area contributed by atoms with Crippen molar-refractivity contribution in [1.82, 2.24) is 20.1 Å². The minimum absolute atomic E-state index is 0.455. The summed E-state index contributed by atoms with van der Waals surface area (Å²) in [6.07, 6.45) is 3.04. The van der Waals surface area contributed by atoms with Gasteiger partial charge in [0, 0.05) is 44.2 Å². The predicted octanol–water partition coefficient (Wildman–Crippen LogP) is 1.78. The number of morpholine rings is 1. The molecule has 1 unspecified atom stereocenters. The molecule has 134 valence electrons. The molecular formula is C19H27N5O. The number of anilines is 1. The van der Waals surface area contributed by atoms with Crippen LogP contribution in [-0.4, -0.2) is 47.1 Å². The van der Waals surface area contributed by atoms with Crippen LogP contribution in [0.15, 0.2) is 24.3 Å². The van der Waals surface area contributed by atoms with Crippen molar-refractivity contribution < 1.29 is 4.74 Å². The van der Waals surface area contributed by atoms with Crippen LogP contribution in [0.1, 0.15) is 30.6 Å². The Balaban J connectivity index is 1.40. The Morgan fingerprint density at radius 3 is 2.92 bits per heavy atom. The van der Waals surface area contributed by atoms with Crippen LogP contribution in [0, 0.1) is 0 Å². The lowest BCUT2D eigenvalue weighted by Gasteiger charge is -2.31. The van der Waals surface area contributed by atoms with Crippen molar-refractivity contribution in [1.29, 1.82) is 0 Å². The summed E-state index contributed by atoms with van der Waals surface area (Å²) < 4.78 is 7.58. The molecule has 0 saturated carbocycles. The molecule has 2 aliphatic rings. The highest BCUT2D eigenvalue weighted by Crippen LogP contribution is 2.22. The van der Waals surface area contributed by atoms with E-state index in [9.17, 15) is 0 Å². The number of nitrogens with zero attached hydrogens (tertiary/aromatic N) is 4. The van der Waals surface area contributed by atoms with E-state index in [4.69, 9.17) is 4.74 Å². The van der Waals surface area contributed by atoms with Crippen molar-refractivity contribution in [2.45, 2.75) is 45.3 Å². The van der Waals surface area contributed by atoms with Crippen LogP contribution in [0.4, 0.5) is 5.69 Å². The number of aromatic nitrogens is 3. The zero-order valence-electron chi connectivity index (χ0n) is 14.9. The van der Waals surface area contributed by atoms with Gasteiger partial charge in [0.15, 0.2) is 5.82 Å². The highest BCUT2D eigenvalue weighted by molar-refractivity contribution is 5.53. The molecule has 0 amide bonds. The molecule has 3 heterocycles. The number of benzene rings is 1. The van der Waals surface area contributed by atoms with Gasteiger partial charge in [-0.3, -0.25) is 0 Å². The Bertz CT molecular complexity index is 708. The van der Waals surface area contributed by atoms with E-state index in [1.54, 1.807) is 0 Å². The molecule has 1 N–H and O–H groups in total. The molecule has 0 spiro atoms. The molecule has 4 rings (SSSR count). The maximum Gasteiger partial charge on any atom is 0.150 e. The van der Waals surface area contributed by atoms with Crippen LogP contribution in [-0.2, 0) is 30.7 Å². The van der Waals surface area contributed by atoms with Crippen LogP contribution in [0.2, 0.25) is 0 Å². The van der Waals surface area contributed by atoms with Crippen LogP contribution in [0.3, 0.4) is 0 Å². The van der Waals surface area contributed by atoms with E-state index in [0.717, 1.165) is 70.3 Å². The zero-order chi connectivity index (χ0) is 17.1. The van der Waals surface area contributed by atoms with Gasteiger partial charge in [-0.15, -0.1) is 0 Å². The van der Waals surface area contributed by atoms with Crippen molar-refractivity contribution in [2.75, 3.05) is 31.2 Å². The first-order valence-electron chi connectivity index (χ1n) is 9.40. The topological polar surface area (TPSA) is 55.2 Å². The van der Waals surface area contributed by atoms with Gasteiger partial charge < -0.3 is 15.0 Å². The summed E-state index contributed by atoms with van der Waals surface area (Å²) in [6, 6.07) is 9.17. The molecule has 0 radical (unpaired) electrons. The van der Waals surface area contributed by atoms with Crippen molar-refractivity contribution in [3.63, 3.8) is 0 Å². The molecule has 0 aliphatic carbocycles. The van der Waals surface area contributed by atoms with Gasteiger partial charge in [-0.25, -0.2) is 9.67 Å². The zero-order valence-corrected chi connectivity index (χ0v) is 14.9. The molecular weight excluding hydrogens is 314 g/mol. The second-order valence-electron chi connectivity index (χ2n) is 6.82. The number of fused-ring (bicyclic) bond motifs is 1. The molecule has 6 nitrogen and oxygen atoms in total. The number of hydrogen-bond acceptors (Lipinski definition) is 5. The van der Waals surface area contributed by atoms with Crippen molar-refractivity contribution in [3.8, 4) is 0 Å². The Morgan fingerprint density at radius 1 is 1.24 bits per heavy atom. The SMILES string of the molecule is CCc1nc2n(n1)CC(NCc1ccccc1N1CCOCC1)CC2. The molecule has 1 aromatic carbocycles. The van der Waals surface area contributed by atoms with E-state index in [-0.39, 0.29) is 0 Å². The van der Waals surface area contributed by atoms with Crippen molar-refractivity contribution >= 4 is 5.69 Å². The predicted molar refractivity (Wildman–Crippen MR) is 97.8 cm³/mol. The summed E-state index contributed by atoms with van der Waals surface area (Å²) in [7, 11) is 0. The average Bonchev–Trinajstić information content (AvgIpc) is 3.10. The fraction of sp³-hybridized carbons (Fsp3) is 0.579. The maximum atomic E-state index is 5.49. The second-order valence-corrected chi connectivity index (χ2v) is 6.82. The lowest BCUT2D eigenvalue weighted by molar-refractivity contribution is 0.122. The summed E-state index contributed by atoms with van der Waals surface area (Å²) in [5.74, 6) is 2.11. The molecule has 0 bridgehead atoms. The molecule has 1 fully saturated rings. The highest BCUT2D eigenvalue weighted by atomic mass is 16.5. The van der Waals surface area contributed by atoms with Crippen LogP contribution >= 0.6 is 0 Å². The van der Waals surface area contributed by atoms with E-state index >= 15 is 0 Å². The normalized spacial score (nSPS) is 20.5. The third kappa shape index (κ3) is 3.70. The first kappa shape index (κ1) is 16.5. The molecule has 1 aromatic heterocycles. The Kier molecular flexibility index (Phi) is 4.99. The Morgan fingerprint density at radius 2 is 2.08 bits per heavy atom. The minimum atomic E-state index is 0.455. The van der Waals surface area contributed by atoms with Gasteiger partial charge in [0.05, 0.1) is 19.8 Å². The summed E-state index contributed by atoms with van der Waals surface area (Å²) in [6.45, 7) is 7.51. The van der Waals surface area contributed by atoms with Crippen LogP contribution < -0.4 is 10.2 Å². The van der Waals surface area contributed by atoms with Gasteiger partial charge in [-0.1, -0.05) is 25.1 Å². The monoisotopic (exact) mass is 341 g/mol. The van der Waals surface area contributed by atoms with Crippen molar-refractivity contribution in [3.05, 3.63) is 41.5 Å². The van der Waals surface area contributed by atoms with Gasteiger partial charge >= 0.3 is 0 Å². The number of ether oxygens (including phenoxy) is 1. The van der Waals surface area contributed by atoms with E-state index in [0.29, 0.717) is 6.04 Å². The number of rotatable bonds is 5. The van der Waals surface area contributed by atoms with Gasteiger partial charge in [-0.2, -0.15) is 5.10 Å². The summed E-state index contributed by atoms with van der Waals surface area (Å²) in [5.41, 5.74) is 2.70. The van der Waals surface area contributed by atoms with E-state index < -0.39 is 0 Å². The second kappa shape index (κ2) is 7.54. The molecule has 1 saturated heterocycles. The van der Waals surface area contributed by atoms with E-state index in [1.165, 1.54) is 11.3 Å². The van der Waals surface area contributed by atoms with Crippen molar-refractivity contribution in [2.24, 2.45) is 0 Å². The molecule has 1 atom stereocenters. The maximum absolute atomic E-state index is 5.49. The first-order chi connectivity index (χ1) is 12.3. The van der Waals surface area contributed by atoms with E-state index in [1.807, 2.05) is 0 Å². The molecule has 6 heteroatoms. The third-order valence-corrected chi connectivity index (χ3v) is 5.14. The number of hydrogen-bond donors (Lipinski definition) is 1. The summed E-state index contributed by atoms with van der Waals surface area (Å²) in [5, 5.41) is 8.35. The standard InChI is InChI=1S/C19H27N5O/c1-2-18-21-19-8-7-16(14-24(19)22-18)20-13-15-5-3-4-6-17(15)23-9-11-25-12-10-23/h3-6,16,20H,2,7-14H2,1H3. The molecule has 2 aliphatic heterocycles. The Hall–Kier alpha value is -1.92. The first-order valence-corrected chi connectivity index (χ1v) is 9.40. The summed E-state index contributed by atoms with van der Waals surface area (Å²) >= 11 is 0. The quantitative estimate of drug-likeness (QED) is 0.898. The third-order valence-electron chi connectivity index (χ3n) is 5.14. The van der Waals surface area contributed by atoms with Gasteiger partial charge in [0.25, 0.3) is 0 Å². The fourth-order valence-electron chi connectivity index (χ4n) is 3.70. The van der Waals surface area contributed by atoms with E-state index in [2.05, 4.69) is 56.2 Å². The molecule has 2 aromatic rings. The Labute approximate surface area is 149 Å². The molecule has 25 heavy (non-hydrogen) atoms. The average molecular weight is 341 g/mol. The number of nitrogens with one attached hydrogen (secondary N) is 1. The summed E-state index contributed by atoms with van der Waals surface area (Å²) in [4.78, 5) is 7.04. The number of aryl methyl sites for hydroxylation is 2. The lowest BCUT2D eigenvalue weighted by Crippen LogP contribution is -2.39.